The molecule has 0 unspecified atom stereocenters. The van der Waals surface area contributed by atoms with Crippen molar-refractivity contribution < 1.29 is 4.79 Å². The summed E-state index contributed by atoms with van der Waals surface area (Å²) in [6.45, 7) is 0. The number of hydrogen-bond acceptors (Lipinski definition) is 1. The summed E-state index contributed by atoms with van der Waals surface area (Å²) in [5.74, 6) is -0.102. The van der Waals surface area contributed by atoms with Crippen LogP contribution in [-0.2, 0) is 15.5 Å². The van der Waals surface area contributed by atoms with Crippen molar-refractivity contribution in [2.45, 2.75) is 17.2 Å². The van der Waals surface area contributed by atoms with Gasteiger partial charge in [-0.3, -0.25) is 4.79 Å². The second-order valence-electron chi connectivity index (χ2n) is 3.15. The first-order valence-electron chi connectivity index (χ1n) is 4.12. The predicted molar refractivity (Wildman–Crippen MR) is 53.2 cm³/mol. The van der Waals surface area contributed by atoms with Gasteiger partial charge in [0.15, 0.2) is 5.78 Å². The highest BCUT2D eigenvalue weighted by atomic mass is 35.5. The third-order valence-corrected chi connectivity index (χ3v) is 3.16. The standard InChI is InChI=1S/C10H8Cl2O/c11-10(12)8-4-2-1-3-7(8)5-6-9(10)13/h1-4H,5-6H2. The Morgan fingerprint density at radius 3 is 2.62 bits per heavy atom. The van der Waals surface area contributed by atoms with Crippen molar-refractivity contribution in [2.75, 3.05) is 0 Å². The Labute approximate surface area is 86.7 Å². The van der Waals surface area contributed by atoms with Gasteiger partial charge in [0.05, 0.1) is 0 Å². The molecule has 1 aliphatic rings. The summed E-state index contributed by atoms with van der Waals surface area (Å²) in [6.07, 6.45) is 1.18. The topological polar surface area (TPSA) is 17.1 Å². The molecule has 2 rings (SSSR count). The van der Waals surface area contributed by atoms with Crippen molar-refractivity contribution in [1.29, 1.82) is 0 Å². The maximum atomic E-state index is 11.4. The molecule has 1 aliphatic carbocycles. The lowest BCUT2D eigenvalue weighted by molar-refractivity contribution is -0.120. The zero-order chi connectivity index (χ0) is 9.47. The van der Waals surface area contributed by atoms with Crippen LogP contribution in [0.5, 0.6) is 0 Å². The average molecular weight is 215 g/mol. The van der Waals surface area contributed by atoms with E-state index in [2.05, 4.69) is 0 Å². The Morgan fingerprint density at radius 1 is 1.15 bits per heavy atom. The average Bonchev–Trinajstić information content (AvgIpc) is 2.13. The summed E-state index contributed by atoms with van der Waals surface area (Å²) >= 11 is 11.9. The third kappa shape index (κ3) is 1.36. The molecule has 0 amide bonds. The van der Waals surface area contributed by atoms with Crippen molar-refractivity contribution in [3.63, 3.8) is 0 Å². The number of fused-ring (bicyclic) bond motifs is 1. The van der Waals surface area contributed by atoms with E-state index < -0.39 is 4.33 Å². The van der Waals surface area contributed by atoms with Crippen LogP contribution >= 0.6 is 23.2 Å². The maximum Gasteiger partial charge on any atom is 0.201 e. The molecule has 0 bridgehead atoms. The number of carbonyl (C=O) groups is 1. The summed E-state index contributed by atoms with van der Waals surface area (Å²) in [5.41, 5.74) is 1.82. The fourth-order valence-corrected chi connectivity index (χ4v) is 2.16. The molecule has 1 aromatic rings. The van der Waals surface area contributed by atoms with E-state index in [9.17, 15) is 4.79 Å². The van der Waals surface area contributed by atoms with Crippen LogP contribution in [0.1, 0.15) is 17.5 Å². The van der Waals surface area contributed by atoms with Gasteiger partial charge in [-0.15, -0.1) is 0 Å². The van der Waals surface area contributed by atoms with Gasteiger partial charge in [0.2, 0.25) is 4.33 Å². The van der Waals surface area contributed by atoms with Crippen LogP contribution in [0, 0.1) is 0 Å². The van der Waals surface area contributed by atoms with Gasteiger partial charge < -0.3 is 0 Å². The van der Waals surface area contributed by atoms with Crippen molar-refractivity contribution >= 4 is 29.0 Å². The van der Waals surface area contributed by atoms with E-state index in [1.54, 1.807) is 0 Å². The highest BCUT2D eigenvalue weighted by molar-refractivity contribution is 6.58. The van der Waals surface area contributed by atoms with Crippen LogP contribution < -0.4 is 0 Å². The Morgan fingerprint density at radius 2 is 1.85 bits per heavy atom. The Kier molecular flexibility index (Phi) is 2.09. The molecule has 0 saturated carbocycles. The van der Waals surface area contributed by atoms with Crippen LogP contribution in [0.3, 0.4) is 0 Å². The quantitative estimate of drug-likeness (QED) is 0.608. The van der Waals surface area contributed by atoms with Gasteiger partial charge >= 0.3 is 0 Å². The molecule has 0 fully saturated rings. The van der Waals surface area contributed by atoms with Gasteiger partial charge in [0.25, 0.3) is 0 Å². The van der Waals surface area contributed by atoms with Crippen LogP contribution in [0.25, 0.3) is 0 Å². The molecule has 3 heteroatoms. The second-order valence-corrected chi connectivity index (χ2v) is 4.48. The number of Topliss-reactive ketones (excluding diaryl/α,β-unsaturated/α-hetero) is 1. The molecule has 0 N–H and O–H groups in total. The van der Waals surface area contributed by atoms with Gasteiger partial charge in [-0.1, -0.05) is 47.5 Å². The lowest BCUT2D eigenvalue weighted by Gasteiger charge is -2.26. The SMILES string of the molecule is O=C1CCc2ccccc2C1(Cl)Cl. The van der Waals surface area contributed by atoms with E-state index in [0.29, 0.717) is 6.42 Å². The van der Waals surface area contributed by atoms with Gasteiger partial charge in [0.1, 0.15) is 0 Å². The molecule has 0 aromatic heterocycles. The zero-order valence-electron chi connectivity index (χ0n) is 6.89. The normalized spacial score (nSPS) is 19.7. The van der Waals surface area contributed by atoms with E-state index in [4.69, 9.17) is 23.2 Å². The van der Waals surface area contributed by atoms with E-state index in [1.807, 2.05) is 24.3 Å². The molecule has 0 aliphatic heterocycles. The fourth-order valence-electron chi connectivity index (χ4n) is 1.60. The number of aryl methyl sites for hydroxylation is 1. The third-order valence-electron chi connectivity index (χ3n) is 2.33. The second kappa shape index (κ2) is 3.00. The summed E-state index contributed by atoms with van der Waals surface area (Å²) in [4.78, 5) is 11.4. The monoisotopic (exact) mass is 214 g/mol. The van der Waals surface area contributed by atoms with E-state index in [0.717, 1.165) is 17.5 Å². The summed E-state index contributed by atoms with van der Waals surface area (Å²) in [7, 11) is 0. The van der Waals surface area contributed by atoms with Crippen LogP contribution in [0.15, 0.2) is 24.3 Å². The minimum atomic E-state index is -1.32. The van der Waals surface area contributed by atoms with Gasteiger partial charge in [0, 0.05) is 6.42 Å². The molecule has 13 heavy (non-hydrogen) atoms. The molecule has 1 nitrogen and oxygen atoms in total. The van der Waals surface area contributed by atoms with Crippen molar-refractivity contribution in [2.24, 2.45) is 0 Å². The molecule has 68 valence electrons. The highest BCUT2D eigenvalue weighted by Gasteiger charge is 2.39. The van der Waals surface area contributed by atoms with E-state index >= 15 is 0 Å². The number of carbonyl (C=O) groups excluding carboxylic acids is 1. The number of halogens is 2. The zero-order valence-corrected chi connectivity index (χ0v) is 8.40. The minimum Gasteiger partial charge on any atom is -0.296 e. The van der Waals surface area contributed by atoms with Gasteiger partial charge in [-0.2, -0.15) is 0 Å². The molecule has 1 aromatic carbocycles. The maximum absolute atomic E-state index is 11.4. The van der Waals surface area contributed by atoms with Crippen molar-refractivity contribution in [3.05, 3.63) is 35.4 Å². The van der Waals surface area contributed by atoms with E-state index in [-0.39, 0.29) is 5.78 Å². The van der Waals surface area contributed by atoms with Crippen molar-refractivity contribution in [3.8, 4) is 0 Å². The lowest BCUT2D eigenvalue weighted by atomic mass is 9.90. The number of rotatable bonds is 0. The number of benzene rings is 1. The Bertz CT molecular complexity index is 358. The lowest BCUT2D eigenvalue weighted by Crippen LogP contribution is -2.29. The van der Waals surface area contributed by atoms with Crippen LogP contribution in [0.2, 0.25) is 0 Å². The smallest absolute Gasteiger partial charge is 0.201 e. The van der Waals surface area contributed by atoms with Crippen LogP contribution in [0.4, 0.5) is 0 Å². The molecule has 0 saturated heterocycles. The largest absolute Gasteiger partial charge is 0.296 e. The number of hydrogen-bond donors (Lipinski definition) is 0. The highest BCUT2D eigenvalue weighted by Crippen LogP contribution is 2.41. The van der Waals surface area contributed by atoms with Gasteiger partial charge in [-0.05, 0) is 17.5 Å². The molecule has 0 atom stereocenters. The summed E-state index contributed by atoms with van der Waals surface area (Å²) in [5, 5.41) is 0. The van der Waals surface area contributed by atoms with Gasteiger partial charge in [-0.25, -0.2) is 0 Å². The molecule has 0 heterocycles. The van der Waals surface area contributed by atoms with Crippen LogP contribution in [-0.4, -0.2) is 5.78 Å². The molecule has 0 spiro atoms. The molecular weight excluding hydrogens is 207 g/mol. The van der Waals surface area contributed by atoms with Crippen molar-refractivity contribution in [1.82, 2.24) is 0 Å². The fraction of sp³-hybridized carbons (Fsp3) is 0.300. The number of alkyl halides is 2. The molecule has 0 radical (unpaired) electrons. The Hall–Kier alpha value is -0.530. The first-order chi connectivity index (χ1) is 6.12. The van der Waals surface area contributed by atoms with E-state index in [1.165, 1.54) is 0 Å². The number of ketones is 1. The Balaban J connectivity index is 2.59. The summed E-state index contributed by atoms with van der Waals surface area (Å²) in [6, 6.07) is 7.54. The predicted octanol–water partition coefficient (Wildman–Crippen LogP) is 2.83. The minimum absolute atomic E-state index is 0.102. The first-order valence-corrected chi connectivity index (χ1v) is 4.87. The first kappa shape index (κ1) is 9.04. The molecular formula is C10H8Cl2O. The summed E-state index contributed by atoms with van der Waals surface area (Å²) < 4.78 is -1.32.